The van der Waals surface area contributed by atoms with Crippen molar-refractivity contribution in [1.29, 1.82) is 0 Å². The fourth-order valence-electron chi connectivity index (χ4n) is 3.25. The highest BCUT2D eigenvalue weighted by Gasteiger charge is 2.27. The summed E-state index contributed by atoms with van der Waals surface area (Å²) in [4.78, 5) is 14.7. The molecule has 1 amide bonds. The molecule has 1 aliphatic rings. The molecule has 2 aromatic heterocycles. The summed E-state index contributed by atoms with van der Waals surface area (Å²) in [5, 5.41) is 13.1. The maximum absolute atomic E-state index is 13.3. The van der Waals surface area contributed by atoms with Gasteiger partial charge in [-0.15, -0.1) is 10.2 Å². The van der Waals surface area contributed by atoms with E-state index in [1.165, 1.54) is 23.5 Å². The molecule has 3 heterocycles. The number of rotatable bonds is 5. The summed E-state index contributed by atoms with van der Waals surface area (Å²) < 4.78 is 15.2. The van der Waals surface area contributed by atoms with Gasteiger partial charge in [-0.25, -0.2) is 4.39 Å². The van der Waals surface area contributed by atoms with Crippen molar-refractivity contribution in [2.45, 2.75) is 19.4 Å². The Balaban J connectivity index is 1.37. The molecule has 0 saturated carbocycles. The Kier molecular flexibility index (Phi) is 5.15. The quantitative estimate of drug-likeness (QED) is 0.733. The summed E-state index contributed by atoms with van der Waals surface area (Å²) in [5.41, 5.74) is 0.761. The molecule has 1 aromatic carbocycles. The third-order valence-electron chi connectivity index (χ3n) is 4.65. The van der Waals surface area contributed by atoms with Gasteiger partial charge in [0.1, 0.15) is 5.82 Å². The van der Waals surface area contributed by atoms with E-state index in [2.05, 4.69) is 20.4 Å². The smallest absolute Gasteiger partial charge is 0.225 e. The summed E-state index contributed by atoms with van der Waals surface area (Å²) in [6.07, 6.45) is 5.64. The third-order valence-corrected chi connectivity index (χ3v) is 5.64. The Morgan fingerprint density at radius 3 is 2.85 bits per heavy atom. The predicted octanol–water partition coefficient (Wildman–Crippen LogP) is 3.00. The van der Waals surface area contributed by atoms with Crippen LogP contribution in [0.15, 0.2) is 48.8 Å². The van der Waals surface area contributed by atoms with E-state index in [1.54, 1.807) is 12.1 Å². The van der Waals surface area contributed by atoms with Crippen LogP contribution in [-0.4, -0.2) is 33.8 Å². The fraction of sp³-hybridized carbons (Fsp3) is 0.316. The molecule has 0 aliphatic carbocycles. The lowest BCUT2D eigenvalue weighted by Crippen LogP contribution is -2.43. The number of halogens is 1. The van der Waals surface area contributed by atoms with E-state index in [0.29, 0.717) is 13.1 Å². The van der Waals surface area contributed by atoms with Gasteiger partial charge in [0.2, 0.25) is 16.2 Å². The van der Waals surface area contributed by atoms with Gasteiger partial charge in [0.15, 0.2) is 0 Å². The Bertz CT molecular complexity index is 910. The topological polar surface area (TPSA) is 63.1 Å². The molecular formula is C19H20FN5OS. The van der Waals surface area contributed by atoms with Crippen LogP contribution in [0.4, 0.5) is 9.52 Å². The number of nitrogens with zero attached hydrogens (tertiary/aromatic N) is 4. The van der Waals surface area contributed by atoms with Crippen molar-refractivity contribution in [2.75, 3.05) is 18.0 Å². The molecule has 0 spiro atoms. The number of hydrogen-bond acceptors (Lipinski definition) is 5. The average Bonchev–Trinajstić information content (AvgIpc) is 3.38. The second-order valence-electron chi connectivity index (χ2n) is 6.59. The number of carbonyl (C=O) groups excluding carboxylic acids is 1. The molecular weight excluding hydrogens is 365 g/mol. The number of anilines is 1. The highest BCUT2D eigenvalue weighted by atomic mass is 32.1. The standard InChI is InChI=1S/C19H20FN5OS/c20-16-7-3-5-14(11-16)12-21-17(26)15-6-4-10-25(13-15)19-23-22-18(27-19)24-8-1-2-9-24/h1-3,5,7-9,11,15H,4,6,10,12-13H2,(H,21,26)/t15-/m1/s1. The molecule has 4 rings (SSSR count). The van der Waals surface area contributed by atoms with Gasteiger partial charge in [0, 0.05) is 32.0 Å². The van der Waals surface area contributed by atoms with Crippen LogP contribution >= 0.6 is 11.3 Å². The van der Waals surface area contributed by atoms with E-state index in [-0.39, 0.29) is 17.6 Å². The van der Waals surface area contributed by atoms with Crippen LogP contribution in [0.2, 0.25) is 0 Å². The Hall–Kier alpha value is -2.74. The van der Waals surface area contributed by atoms with Crippen LogP contribution in [0, 0.1) is 11.7 Å². The second kappa shape index (κ2) is 7.87. The van der Waals surface area contributed by atoms with Crippen LogP contribution in [0.1, 0.15) is 18.4 Å². The van der Waals surface area contributed by atoms with Crippen molar-refractivity contribution in [3.8, 4) is 5.13 Å². The average molecular weight is 385 g/mol. The maximum atomic E-state index is 13.3. The normalized spacial score (nSPS) is 17.1. The zero-order chi connectivity index (χ0) is 18.6. The van der Waals surface area contributed by atoms with Gasteiger partial charge < -0.3 is 10.2 Å². The minimum Gasteiger partial charge on any atom is -0.352 e. The highest BCUT2D eigenvalue weighted by molar-refractivity contribution is 7.17. The zero-order valence-corrected chi connectivity index (χ0v) is 15.5. The maximum Gasteiger partial charge on any atom is 0.225 e. The molecule has 0 radical (unpaired) electrons. The van der Waals surface area contributed by atoms with E-state index < -0.39 is 0 Å². The van der Waals surface area contributed by atoms with Crippen LogP contribution in [0.25, 0.3) is 5.13 Å². The van der Waals surface area contributed by atoms with Crippen molar-refractivity contribution in [3.63, 3.8) is 0 Å². The van der Waals surface area contributed by atoms with Crippen molar-refractivity contribution in [1.82, 2.24) is 20.1 Å². The largest absolute Gasteiger partial charge is 0.352 e. The van der Waals surface area contributed by atoms with Gasteiger partial charge in [-0.1, -0.05) is 23.5 Å². The van der Waals surface area contributed by atoms with Crippen LogP contribution in [0.3, 0.4) is 0 Å². The Morgan fingerprint density at radius 2 is 2.04 bits per heavy atom. The lowest BCUT2D eigenvalue weighted by atomic mass is 9.97. The summed E-state index contributed by atoms with van der Waals surface area (Å²) in [6.45, 7) is 1.83. The molecule has 1 saturated heterocycles. The van der Waals surface area contributed by atoms with Crippen molar-refractivity contribution in [3.05, 3.63) is 60.2 Å². The van der Waals surface area contributed by atoms with E-state index in [1.807, 2.05) is 29.1 Å². The first-order chi connectivity index (χ1) is 13.2. The molecule has 0 bridgehead atoms. The molecule has 1 aliphatic heterocycles. The molecule has 8 heteroatoms. The molecule has 1 N–H and O–H groups in total. The third kappa shape index (κ3) is 4.16. The number of benzene rings is 1. The van der Waals surface area contributed by atoms with Gasteiger partial charge in [-0.2, -0.15) is 0 Å². The summed E-state index contributed by atoms with van der Waals surface area (Å²) in [7, 11) is 0. The fourth-order valence-corrected chi connectivity index (χ4v) is 4.10. The van der Waals surface area contributed by atoms with Crippen molar-refractivity contribution in [2.24, 2.45) is 5.92 Å². The number of carbonyl (C=O) groups is 1. The number of nitrogens with one attached hydrogen (secondary N) is 1. The zero-order valence-electron chi connectivity index (χ0n) is 14.7. The lowest BCUT2D eigenvalue weighted by Gasteiger charge is -2.31. The van der Waals surface area contributed by atoms with Gasteiger partial charge in [0.05, 0.1) is 5.92 Å². The number of amides is 1. The first-order valence-electron chi connectivity index (χ1n) is 8.93. The summed E-state index contributed by atoms with van der Waals surface area (Å²) in [5.74, 6) is -0.397. The molecule has 6 nitrogen and oxygen atoms in total. The van der Waals surface area contributed by atoms with Crippen molar-refractivity contribution >= 4 is 22.4 Å². The number of aromatic nitrogens is 3. The van der Waals surface area contributed by atoms with E-state index in [9.17, 15) is 9.18 Å². The predicted molar refractivity (Wildman–Crippen MR) is 102 cm³/mol. The first-order valence-corrected chi connectivity index (χ1v) is 9.74. The number of piperidine rings is 1. The van der Waals surface area contributed by atoms with Gasteiger partial charge in [-0.05, 0) is 42.7 Å². The van der Waals surface area contributed by atoms with Crippen LogP contribution in [0.5, 0.6) is 0 Å². The molecule has 0 unspecified atom stereocenters. The number of hydrogen-bond donors (Lipinski definition) is 1. The summed E-state index contributed by atoms with van der Waals surface area (Å²) in [6, 6.07) is 10.2. The second-order valence-corrected chi connectivity index (χ2v) is 7.52. The minimum absolute atomic E-state index is 0.000824. The molecule has 1 fully saturated rings. The molecule has 1 atom stereocenters. The molecule has 140 valence electrons. The van der Waals surface area contributed by atoms with Crippen LogP contribution in [-0.2, 0) is 11.3 Å². The SMILES string of the molecule is O=C(NCc1cccc(F)c1)[C@@H]1CCCN(c2nnc(-n3cccc3)s2)C1. The summed E-state index contributed by atoms with van der Waals surface area (Å²) >= 11 is 1.52. The molecule has 27 heavy (non-hydrogen) atoms. The van der Waals surface area contributed by atoms with E-state index >= 15 is 0 Å². The van der Waals surface area contributed by atoms with Gasteiger partial charge >= 0.3 is 0 Å². The lowest BCUT2D eigenvalue weighted by molar-refractivity contribution is -0.125. The highest BCUT2D eigenvalue weighted by Crippen LogP contribution is 2.28. The first kappa shape index (κ1) is 17.7. The van der Waals surface area contributed by atoms with Gasteiger partial charge in [-0.3, -0.25) is 9.36 Å². The molecule has 3 aromatic rings. The van der Waals surface area contributed by atoms with Gasteiger partial charge in [0.25, 0.3) is 0 Å². The monoisotopic (exact) mass is 385 g/mol. The minimum atomic E-state index is -0.291. The Morgan fingerprint density at radius 1 is 1.22 bits per heavy atom. The van der Waals surface area contributed by atoms with E-state index in [4.69, 9.17) is 0 Å². The Labute approximate surface area is 160 Å². The van der Waals surface area contributed by atoms with E-state index in [0.717, 1.165) is 35.2 Å². The van der Waals surface area contributed by atoms with Crippen LogP contribution < -0.4 is 10.2 Å². The van der Waals surface area contributed by atoms with Crippen molar-refractivity contribution < 1.29 is 9.18 Å².